The van der Waals surface area contributed by atoms with Crippen LogP contribution in [0.15, 0.2) is 0 Å². The first-order valence-electron chi connectivity index (χ1n) is 5.29. The highest BCUT2D eigenvalue weighted by atomic mass is 16.4. The third-order valence-electron chi connectivity index (χ3n) is 2.75. The fraction of sp³-hybridized carbons (Fsp3) is 0.818. The highest BCUT2D eigenvalue weighted by Crippen LogP contribution is 2.30. The Kier molecular flexibility index (Phi) is 3.37. The molecule has 0 aromatic rings. The molecule has 4 nitrogen and oxygen atoms in total. The van der Waals surface area contributed by atoms with E-state index in [1.54, 1.807) is 11.9 Å². The monoisotopic (exact) mass is 213 g/mol. The van der Waals surface area contributed by atoms with Gasteiger partial charge >= 0.3 is 5.97 Å². The average molecular weight is 213 g/mol. The first-order chi connectivity index (χ1) is 6.82. The molecule has 0 aromatic heterocycles. The van der Waals surface area contributed by atoms with Crippen molar-refractivity contribution in [3.05, 3.63) is 0 Å². The largest absolute Gasteiger partial charge is 0.481 e. The Morgan fingerprint density at radius 3 is 2.27 bits per heavy atom. The van der Waals surface area contributed by atoms with Gasteiger partial charge in [-0.2, -0.15) is 0 Å². The Morgan fingerprint density at radius 1 is 1.33 bits per heavy atom. The molecule has 0 aliphatic heterocycles. The van der Waals surface area contributed by atoms with Crippen molar-refractivity contribution in [1.82, 2.24) is 4.90 Å². The van der Waals surface area contributed by atoms with Gasteiger partial charge in [0, 0.05) is 19.5 Å². The first-order valence-corrected chi connectivity index (χ1v) is 5.29. The smallest absolute Gasteiger partial charge is 0.303 e. The minimum Gasteiger partial charge on any atom is -0.481 e. The highest BCUT2D eigenvalue weighted by molar-refractivity contribution is 5.78. The number of hydrogen-bond acceptors (Lipinski definition) is 2. The molecule has 0 spiro atoms. The Balaban J connectivity index is 2.44. The predicted molar refractivity (Wildman–Crippen MR) is 56.4 cm³/mol. The number of carbonyl (C=O) groups excluding carboxylic acids is 1. The molecule has 1 aliphatic rings. The lowest BCUT2D eigenvalue weighted by atomic mass is 9.85. The van der Waals surface area contributed by atoms with Gasteiger partial charge in [0.25, 0.3) is 0 Å². The lowest BCUT2D eigenvalue weighted by Gasteiger charge is -2.25. The number of rotatable bonds is 5. The maximum atomic E-state index is 11.8. The second kappa shape index (κ2) is 4.21. The van der Waals surface area contributed by atoms with Gasteiger partial charge in [-0.05, 0) is 18.3 Å². The van der Waals surface area contributed by atoms with Crippen LogP contribution in [-0.4, -0.2) is 35.0 Å². The van der Waals surface area contributed by atoms with E-state index in [9.17, 15) is 9.59 Å². The molecular weight excluding hydrogens is 194 g/mol. The molecule has 0 bridgehead atoms. The zero-order chi connectivity index (χ0) is 11.6. The third kappa shape index (κ3) is 3.90. The van der Waals surface area contributed by atoms with Crippen molar-refractivity contribution in [2.75, 3.05) is 7.05 Å². The normalized spacial score (nSPS) is 16.2. The average Bonchev–Trinajstić information content (AvgIpc) is 2.80. The number of nitrogens with zero attached hydrogens (tertiary/aromatic N) is 1. The van der Waals surface area contributed by atoms with Crippen LogP contribution in [0.25, 0.3) is 0 Å². The molecule has 0 unspecified atom stereocenters. The SMILES string of the molecule is CN(C(=O)CC(C)(C)CC(=O)O)C1CC1. The van der Waals surface area contributed by atoms with E-state index in [0.717, 1.165) is 12.8 Å². The lowest BCUT2D eigenvalue weighted by molar-refractivity contribution is -0.140. The summed E-state index contributed by atoms with van der Waals surface area (Å²) in [6, 6.07) is 0.401. The van der Waals surface area contributed by atoms with Gasteiger partial charge in [-0.3, -0.25) is 9.59 Å². The van der Waals surface area contributed by atoms with Crippen molar-refractivity contribution < 1.29 is 14.7 Å². The number of carboxylic acid groups (broad SMARTS) is 1. The number of aliphatic carboxylic acids is 1. The maximum absolute atomic E-state index is 11.8. The fourth-order valence-electron chi connectivity index (χ4n) is 1.67. The molecule has 0 heterocycles. The van der Waals surface area contributed by atoms with Crippen LogP contribution in [-0.2, 0) is 9.59 Å². The van der Waals surface area contributed by atoms with E-state index in [1.807, 2.05) is 13.8 Å². The molecular formula is C11H19NO3. The molecule has 1 rings (SSSR count). The van der Waals surface area contributed by atoms with Crippen molar-refractivity contribution in [2.45, 2.75) is 45.6 Å². The van der Waals surface area contributed by atoms with Gasteiger partial charge in [-0.1, -0.05) is 13.8 Å². The van der Waals surface area contributed by atoms with Crippen molar-refractivity contribution in [1.29, 1.82) is 0 Å². The van der Waals surface area contributed by atoms with Crippen LogP contribution < -0.4 is 0 Å². The van der Waals surface area contributed by atoms with Crippen LogP contribution in [0.1, 0.15) is 39.5 Å². The molecule has 0 atom stereocenters. The molecule has 0 saturated heterocycles. The molecule has 1 amide bonds. The van der Waals surface area contributed by atoms with Crippen molar-refractivity contribution in [3.63, 3.8) is 0 Å². The molecule has 0 radical (unpaired) electrons. The summed E-state index contributed by atoms with van der Waals surface area (Å²) < 4.78 is 0. The van der Waals surface area contributed by atoms with Gasteiger partial charge < -0.3 is 10.0 Å². The van der Waals surface area contributed by atoms with E-state index in [-0.39, 0.29) is 12.3 Å². The second-order valence-corrected chi connectivity index (χ2v) is 5.15. The molecule has 1 saturated carbocycles. The van der Waals surface area contributed by atoms with Gasteiger partial charge in [0.1, 0.15) is 0 Å². The predicted octanol–water partition coefficient (Wildman–Crippen LogP) is 1.50. The first kappa shape index (κ1) is 12.0. The van der Waals surface area contributed by atoms with E-state index in [0.29, 0.717) is 12.5 Å². The van der Waals surface area contributed by atoms with Crippen LogP contribution >= 0.6 is 0 Å². The Bertz CT molecular complexity index is 269. The number of hydrogen-bond donors (Lipinski definition) is 1. The fourth-order valence-corrected chi connectivity index (χ4v) is 1.67. The number of carboxylic acids is 1. The van der Waals surface area contributed by atoms with Gasteiger partial charge in [-0.25, -0.2) is 0 Å². The summed E-state index contributed by atoms with van der Waals surface area (Å²) in [5.41, 5.74) is -0.452. The lowest BCUT2D eigenvalue weighted by Crippen LogP contribution is -2.33. The molecule has 0 aromatic carbocycles. The minimum atomic E-state index is -0.845. The van der Waals surface area contributed by atoms with E-state index < -0.39 is 11.4 Å². The highest BCUT2D eigenvalue weighted by Gasteiger charge is 2.33. The second-order valence-electron chi connectivity index (χ2n) is 5.15. The van der Waals surface area contributed by atoms with Gasteiger partial charge in [0.05, 0.1) is 6.42 Å². The van der Waals surface area contributed by atoms with E-state index in [2.05, 4.69) is 0 Å². The Labute approximate surface area is 90.3 Å². The molecule has 1 aliphatic carbocycles. The zero-order valence-corrected chi connectivity index (χ0v) is 9.62. The van der Waals surface area contributed by atoms with E-state index in [1.165, 1.54) is 0 Å². The topological polar surface area (TPSA) is 57.6 Å². The molecule has 86 valence electrons. The van der Waals surface area contributed by atoms with E-state index >= 15 is 0 Å². The molecule has 1 N–H and O–H groups in total. The summed E-state index contributed by atoms with van der Waals surface area (Å²) in [6.45, 7) is 3.64. The van der Waals surface area contributed by atoms with Crippen LogP contribution in [0.4, 0.5) is 0 Å². The Morgan fingerprint density at radius 2 is 1.87 bits per heavy atom. The van der Waals surface area contributed by atoms with Crippen molar-refractivity contribution >= 4 is 11.9 Å². The van der Waals surface area contributed by atoms with Crippen molar-refractivity contribution in [2.24, 2.45) is 5.41 Å². The number of amides is 1. The van der Waals surface area contributed by atoms with Crippen LogP contribution in [0.3, 0.4) is 0 Å². The van der Waals surface area contributed by atoms with Crippen LogP contribution in [0.5, 0.6) is 0 Å². The van der Waals surface area contributed by atoms with Crippen LogP contribution in [0.2, 0.25) is 0 Å². The quantitative estimate of drug-likeness (QED) is 0.753. The van der Waals surface area contributed by atoms with Gasteiger partial charge in [-0.15, -0.1) is 0 Å². The summed E-state index contributed by atoms with van der Waals surface area (Å²) in [5.74, 6) is -0.786. The minimum absolute atomic E-state index is 0.0389. The van der Waals surface area contributed by atoms with Crippen LogP contribution in [0, 0.1) is 5.41 Å². The van der Waals surface area contributed by atoms with E-state index in [4.69, 9.17) is 5.11 Å². The Hall–Kier alpha value is -1.06. The number of carbonyl (C=O) groups is 2. The summed E-state index contributed by atoms with van der Waals surface area (Å²) >= 11 is 0. The summed E-state index contributed by atoms with van der Waals surface area (Å²) in [4.78, 5) is 24.1. The van der Waals surface area contributed by atoms with Gasteiger partial charge in [0.2, 0.25) is 5.91 Å². The standard InChI is InChI=1S/C11H19NO3/c1-11(2,7-10(14)15)6-9(13)12(3)8-4-5-8/h8H,4-7H2,1-3H3,(H,14,15). The molecule has 4 heteroatoms. The third-order valence-corrected chi connectivity index (χ3v) is 2.75. The van der Waals surface area contributed by atoms with Gasteiger partial charge in [0.15, 0.2) is 0 Å². The summed E-state index contributed by atoms with van der Waals surface area (Å²) in [6.07, 6.45) is 2.52. The molecule has 1 fully saturated rings. The summed E-state index contributed by atoms with van der Waals surface area (Å²) in [5, 5.41) is 8.70. The molecule has 15 heavy (non-hydrogen) atoms. The maximum Gasteiger partial charge on any atom is 0.303 e. The zero-order valence-electron chi connectivity index (χ0n) is 9.62. The summed E-state index contributed by atoms with van der Waals surface area (Å²) in [7, 11) is 1.80. The van der Waals surface area contributed by atoms with Crippen molar-refractivity contribution in [3.8, 4) is 0 Å².